The van der Waals surface area contributed by atoms with Crippen molar-refractivity contribution < 1.29 is 4.74 Å². The molecule has 1 aromatic heterocycles. The van der Waals surface area contributed by atoms with Gasteiger partial charge in [0.25, 0.3) is 5.56 Å². The van der Waals surface area contributed by atoms with Gasteiger partial charge in [0.15, 0.2) is 0 Å². The number of ether oxygens (including phenoxy) is 1. The highest BCUT2D eigenvalue weighted by molar-refractivity contribution is 7.98. The SMILES string of the molecule is CO[C@H]1CCCC[C@@H]1n1c(=O)ccc2cc(SCc3ccccc3)ccc21. The second-order valence-electron chi connectivity index (χ2n) is 7.16. The summed E-state index contributed by atoms with van der Waals surface area (Å²) in [5.74, 6) is 0.945. The van der Waals surface area contributed by atoms with E-state index >= 15 is 0 Å². The van der Waals surface area contributed by atoms with Crippen LogP contribution in [0.25, 0.3) is 10.9 Å². The van der Waals surface area contributed by atoms with Crippen molar-refractivity contribution in [2.45, 2.75) is 48.5 Å². The Morgan fingerprint density at radius 1 is 1.04 bits per heavy atom. The normalized spacial score (nSPS) is 20.0. The average molecular weight is 380 g/mol. The van der Waals surface area contributed by atoms with E-state index in [2.05, 4.69) is 42.5 Å². The monoisotopic (exact) mass is 379 g/mol. The van der Waals surface area contributed by atoms with Crippen LogP contribution >= 0.6 is 11.8 Å². The van der Waals surface area contributed by atoms with Crippen molar-refractivity contribution in [3.05, 3.63) is 76.6 Å². The molecule has 0 radical (unpaired) electrons. The van der Waals surface area contributed by atoms with Crippen LogP contribution in [0.4, 0.5) is 0 Å². The molecule has 3 nitrogen and oxygen atoms in total. The molecule has 1 aliphatic carbocycles. The van der Waals surface area contributed by atoms with Crippen molar-refractivity contribution in [2.24, 2.45) is 0 Å². The average Bonchev–Trinajstić information content (AvgIpc) is 2.73. The molecule has 2 aromatic carbocycles. The number of benzene rings is 2. The second-order valence-corrected chi connectivity index (χ2v) is 8.21. The Morgan fingerprint density at radius 2 is 1.85 bits per heavy atom. The number of nitrogens with zero attached hydrogens (tertiary/aromatic N) is 1. The summed E-state index contributed by atoms with van der Waals surface area (Å²) in [6.45, 7) is 0. The maximum atomic E-state index is 12.7. The fraction of sp³-hybridized carbons (Fsp3) is 0.348. The minimum atomic E-state index is 0.0705. The molecule has 1 heterocycles. The van der Waals surface area contributed by atoms with Gasteiger partial charge in [-0.15, -0.1) is 11.8 Å². The van der Waals surface area contributed by atoms with Gasteiger partial charge in [0, 0.05) is 23.8 Å². The molecule has 0 amide bonds. The van der Waals surface area contributed by atoms with Crippen LogP contribution in [0.1, 0.15) is 37.3 Å². The minimum absolute atomic E-state index is 0.0705. The third-order valence-electron chi connectivity index (χ3n) is 5.45. The third kappa shape index (κ3) is 3.97. The Hall–Kier alpha value is -2.04. The van der Waals surface area contributed by atoms with E-state index < -0.39 is 0 Å². The van der Waals surface area contributed by atoms with Gasteiger partial charge in [-0.05, 0) is 48.1 Å². The fourth-order valence-electron chi connectivity index (χ4n) is 4.07. The lowest BCUT2D eigenvalue weighted by molar-refractivity contribution is 0.0293. The molecule has 140 valence electrons. The molecule has 0 aliphatic heterocycles. The highest BCUT2D eigenvalue weighted by Gasteiger charge is 2.28. The maximum absolute atomic E-state index is 12.7. The predicted molar refractivity (Wildman–Crippen MR) is 113 cm³/mol. The quantitative estimate of drug-likeness (QED) is 0.554. The maximum Gasteiger partial charge on any atom is 0.251 e. The Kier molecular flexibility index (Phi) is 5.65. The first-order valence-electron chi connectivity index (χ1n) is 9.61. The van der Waals surface area contributed by atoms with E-state index in [1.807, 2.05) is 28.5 Å². The molecule has 0 saturated heterocycles. The van der Waals surface area contributed by atoms with Crippen LogP contribution in [0.2, 0.25) is 0 Å². The van der Waals surface area contributed by atoms with Gasteiger partial charge in [0.2, 0.25) is 0 Å². The predicted octanol–water partition coefficient (Wildman–Crippen LogP) is 5.42. The molecule has 27 heavy (non-hydrogen) atoms. The number of pyridine rings is 1. The van der Waals surface area contributed by atoms with Crippen molar-refractivity contribution >= 4 is 22.7 Å². The molecular formula is C23H25NO2S. The topological polar surface area (TPSA) is 31.2 Å². The van der Waals surface area contributed by atoms with E-state index in [0.29, 0.717) is 0 Å². The molecule has 4 rings (SSSR count). The number of rotatable bonds is 5. The molecule has 0 N–H and O–H groups in total. The Morgan fingerprint density at radius 3 is 2.67 bits per heavy atom. The van der Waals surface area contributed by atoms with E-state index in [0.717, 1.165) is 35.9 Å². The summed E-state index contributed by atoms with van der Waals surface area (Å²) in [4.78, 5) is 13.9. The molecule has 1 aliphatic rings. The zero-order valence-corrected chi connectivity index (χ0v) is 16.5. The molecule has 1 fully saturated rings. The van der Waals surface area contributed by atoms with Crippen molar-refractivity contribution in [3.63, 3.8) is 0 Å². The fourth-order valence-corrected chi connectivity index (χ4v) is 4.97. The van der Waals surface area contributed by atoms with Crippen molar-refractivity contribution in [2.75, 3.05) is 7.11 Å². The Balaban J connectivity index is 1.65. The van der Waals surface area contributed by atoms with Crippen LogP contribution in [0.15, 0.2) is 70.4 Å². The van der Waals surface area contributed by atoms with Gasteiger partial charge >= 0.3 is 0 Å². The molecule has 0 bridgehead atoms. The summed E-state index contributed by atoms with van der Waals surface area (Å²) in [5, 5.41) is 1.12. The van der Waals surface area contributed by atoms with Gasteiger partial charge < -0.3 is 9.30 Å². The van der Waals surface area contributed by atoms with Gasteiger partial charge in [0.1, 0.15) is 0 Å². The van der Waals surface area contributed by atoms with Crippen molar-refractivity contribution in [1.29, 1.82) is 0 Å². The highest BCUT2D eigenvalue weighted by Crippen LogP contribution is 2.33. The van der Waals surface area contributed by atoms with Crippen LogP contribution in [0.5, 0.6) is 0 Å². The van der Waals surface area contributed by atoms with E-state index in [9.17, 15) is 4.79 Å². The number of fused-ring (bicyclic) bond motifs is 1. The summed E-state index contributed by atoms with van der Waals surface area (Å²) < 4.78 is 7.68. The summed E-state index contributed by atoms with van der Waals surface area (Å²) >= 11 is 1.83. The summed E-state index contributed by atoms with van der Waals surface area (Å²) in [6.07, 6.45) is 4.47. The van der Waals surface area contributed by atoms with E-state index in [1.54, 1.807) is 13.2 Å². The van der Waals surface area contributed by atoms with Gasteiger partial charge in [-0.25, -0.2) is 0 Å². The molecular weight excluding hydrogens is 354 g/mol. The van der Waals surface area contributed by atoms with E-state index in [4.69, 9.17) is 4.74 Å². The first-order valence-corrected chi connectivity index (χ1v) is 10.6. The van der Waals surface area contributed by atoms with Crippen LogP contribution in [-0.4, -0.2) is 17.8 Å². The standard InChI is InChI=1S/C23H25NO2S/c1-26-22-10-6-5-9-21(22)24-20-13-12-19(15-18(20)11-14-23(24)25)27-16-17-7-3-2-4-8-17/h2-4,7-8,11-15,21-22H,5-6,9-10,16H2,1H3/t21-,22-/m0/s1. The smallest absolute Gasteiger partial charge is 0.251 e. The molecule has 3 aromatic rings. The Labute approximate surface area is 164 Å². The number of hydrogen-bond donors (Lipinski definition) is 0. The molecule has 4 heteroatoms. The number of methoxy groups -OCH3 is 1. The zero-order chi connectivity index (χ0) is 18.6. The van der Waals surface area contributed by atoms with Crippen molar-refractivity contribution in [3.8, 4) is 0 Å². The van der Waals surface area contributed by atoms with Gasteiger partial charge in [-0.1, -0.05) is 43.2 Å². The lowest BCUT2D eigenvalue weighted by atomic mass is 9.91. The van der Waals surface area contributed by atoms with Crippen LogP contribution < -0.4 is 5.56 Å². The largest absolute Gasteiger partial charge is 0.379 e. The lowest BCUT2D eigenvalue weighted by Crippen LogP contribution is -2.35. The first-order chi connectivity index (χ1) is 13.3. The molecule has 1 saturated carbocycles. The second kappa shape index (κ2) is 8.32. The first kappa shape index (κ1) is 18.3. The number of thioether (sulfide) groups is 1. The third-order valence-corrected chi connectivity index (χ3v) is 6.52. The minimum Gasteiger partial charge on any atom is -0.379 e. The number of hydrogen-bond acceptors (Lipinski definition) is 3. The highest BCUT2D eigenvalue weighted by atomic mass is 32.2. The molecule has 0 unspecified atom stereocenters. The number of aromatic nitrogens is 1. The molecule has 2 atom stereocenters. The van der Waals surface area contributed by atoms with E-state index in [1.165, 1.54) is 16.9 Å². The van der Waals surface area contributed by atoms with Crippen molar-refractivity contribution in [1.82, 2.24) is 4.57 Å². The van der Waals surface area contributed by atoms with Crippen LogP contribution in [0.3, 0.4) is 0 Å². The Bertz CT molecular complexity index is 967. The summed E-state index contributed by atoms with van der Waals surface area (Å²) in [6, 6.07) is 20.7. The van der Waals surface area contributed by atoms with Crippen LogP contribution in [-0.2, 0) is 10.5 Å². The van der Waals surface area contributed by atoms with Gasteiger partial charge in [0.05, 0.1) is 17.7 Å². The van der Waals surface area contributed by atoms with Gasteiger partial charge in [-0.3, -0.25) is 4.79 Å². The molecule has 0 spiro atoms. The lowest BCUT2D eigenvalue weighted by Gasteiger charge is -2.32. The van der Waals surface area contributed by atoms with E-state index in [-0.39, 0.29) is 17.7 Å². The van der Waals surface area contributed by atoms with Crippen LogP contribution in [0, 0.1) is 0 Å². The zero-order valence-electron chi connectivity index (χ0n) is 15.6. The summed E-state index contributed by atoms with van der Waals surface area (Å²) in [5.41, 5.74) is 2.40. The van der Waals surface area contributed by atoms with Gasteiger partial charge in [-0.2, -0.15) is 0 Å². The summed E-state index contributed by atoms with van der Waals surface area (Å²) in [7, 11) is 1.76.